The summed E-state index contributed by atoms with van der Waals surface area (Å²) < 4.78 is 2.12. The van der Waals surface area contributed by atoms with E-state index < -0.39 is 0 Å². The number of hydrogen-bond donors (Lipinski definition) is 0. The van der Waals surface area contributed by atoms with E-state index in [9.17, 15) is 5.26 Å². The van der Waals surface area contributed by atoms with Crippen LogP contribution in [0.4, 0.5) is 0 Å². The number of halogens is 2. The van der Waals surface area contributed by atoms with Gasteiger partial charge in [0.25, 0.3) is 0 Å². The normalized spacial score (nSPS) is 11.7. The van der Waals surface area contributed by atoms with Gasteiger partial charge in [-0.05, 0) is 31.2 Å². The molecule has 0 aliphatic heterocycles. The van der Waals surface area contributed by atoms with Crippen LogP contribution in [0, 0.1) is 18.3 Å². The van der Waals surface area contributed by atoms with Crippen molar-refractivity contribution in [2.45, 2.75) is 6.92 Å². The molecule has 0 saturated heterocycles. The second-order valence-electron chi connectivity index (χ2n) is 5.37. The lowest BCUT2D eigenvalue weighted by molar-refractivity contribution is 0.916. The highest BCUT2D eigenvalue weighted by Crippen LogP contribution is 2.32. The zero-order valence-corrected chi connectivity index (χ0v) is 14.3. The number of nitriles is 1. The molecule has 0 atom stereocenters. The van der Waals surface area contributed by atoms with Gasteiger partial charge in [-0.1, -0.05) is 47.5 Å². The summed E-state index contributed by atoms with van der Waals surface area (Å²) in [5, 5.41) is 11.7. The monoisotopic (exact) mass is 340 g/mol. The van der Waals surface area contributed by atoms with E-state index in [1.54, 1.807) is 18.2 Å². The van der Waals surface area contributed by atoms with Gasteiger partial charge >= 0.3 is 0 Å². The summed E-state index contributed by atoms with van der Waals surface area (Å²) in [7, 11) is 2.02. The fourth-order valence-corrected chi connectivity index (χ4v) is 3.27. The van der Waals surface area contributed by atoms with Gasteiger partial charge < -0.3 is 4.57 Å². The number of benzene rings is 2. The molecular formula is C19H14Cl2N2. The highest BCUT2D eigenvalue weighted by atomic mass is 35.5. The van der Waals surface area contributed by atoms with Crippen molar-refractivity contribution in [2.75, 3.05) is 0 Å². The van der Waals surface area contributed by atoms with Gasteiger partial charge in [0.2, 0.25) is 0 Å². The molecule has 0 unspecified atom stereocenters. The molecule has 2 nitrogen and oxygen atoms in total. The van der Waals surface area contributed by atoms with Gasteiger partial charge in [-0.25, -0.2) is 0 Å². The first-order valence-corrected chi connectivity index (χ1v) is 7.89. The number of hydrogen-bond acceptors (Lipinski definition) is 1. The second kappa shape index (κ2) is 6.12. The van der Waals surface area contributed by atoms with Crippen LogP contribution in [0.5, 0.6) is 0 Å². The van der Waals surface area contributed by atoms with Gasteiger partial charge in [0.15, 0.2) is 0 Å². The fourth-order valence-electron chi connectivity index (χ4n) is 2.75. The van der Waals surface area contributed by atoms with E-state index in [0.29, 0.717) is 21.2 Å². The molecule has 0 aliphatic rings. The van der Waals surface area contributed by atoms with Crippen molar-refractivity contribution >= 4 is 45.8 Å². The maximum Gasteiger partial charge on any atom is 0.0998 e. The number of allylic oxidation sites excluding steroid dienone is 1. The van der Waals surface area contributed by atoms with Crippen LogP contribution in [0.2, 0.25) is 10.0 Å². The Hall–Kier alpha value is -2.21. The third-order valence-corrected chi connectivity index (χ3v) is 4.63. The minimum absolute atomic E-state index is 0.475. The molecule has 0 bridgehead atoms. The molecule has 1 heterocycles. The van der Waals surface area contributed by atoms with E-state index in [-0.39, 0.29) is 0 Å². The molecule has 0 radical (unpaired) electrons. The van der Waals surface area contributed by atoms with Crippen molar-refractivity contribution in [1.82, 2.24) is 4.57 Å². The Morgan fingerprint density at radius 3 is 2.61 bits per heavy atom. The molecule has 3 rings (SSSR count). The molecule has 23 heavy (non-hydrogen) atoms. The number of fused-ring (bicyclic) bond motifs is 1. The van der Waals surface area contributed by atoms with Gasteiger partial charge in [-0.2, -0.15) is 5.26 Å². The van der Waals surface area contributed by atoms with E-state index in [1.807, 2.05) is 32.2 Å². The van der Waals surface area contributed by atoms with Crippen molar-refractivity contribution in [2.24, 2.45) is 7.05 Å². The minimum Gasteiger partial charge on any atom is -0.347 e. The summed E-state index contributed by atoms with van der Waals surface area (Å²) in [6, 6.07) is 15.6. The van der Waals surface area contributed by atoms with Crippen LogP contribution in [-0.4, -0.2) is 4.57 Å². The van der Waals surface area contributed by atoms with E-state index in [0.717, 1.165) is 22.2 Å². The van der Waals surface area contributed by atoms with Crippen LogP contribution in [0.1, 0.15) is 16.8 Å². The van der Waals surface area contributed by atoms with Crippen molar-refractivity contribution in [1.29, 1.82) is 5.26 Å². The van der Waals surface area contributed by atoms with Crippen molar-refractivity contribution in [3.63, 3.8) is 0 Å². The molecular weight excluding hydrogens is 327 g/mol. The van der Waals surface area contributed by atoms with E-state index >= 15 is 0 Å². The highest BCUT2D eigenvalue weighted by molar-refractivity contribution is 6.36. The van der Waals surface area contributed by atoms with Crippen molar-refractivity contribution < 1.29 is 0 Å². The van der Waals surface area contributed by atoms with E-state index in [1.165, 1.54) is 0 Å². The largest absolute Gasteiger partial charge is 0.347 e. The Balaban J connectivity index is 2.24. The van der Waals surface area contributed by atoms with Crippen LogP contribution in [0.25, 0.3) is 22.6 Å². The van der Waals surface area contributed by atoms with Crippen LogP contribution >= 0.6 is 23.2 Å². The van der Waals surface area contributed by atoms with Crippen LogP contribution in [-0.2, 0) is 7.05 Å². The summed E-state index contributed by atoms with van der Waals surface area (Å²) in [6.45, 7) is 2.05. The van der Waals surface area contributed by atoms with Gasteiger partial charge in [-0.3, -0.25) is 0 Å². The third kappa shape index (κ3) is 2.74. The molecule has 4 heteroatoms. The van der Waals surface area contributed by atoms with Crippen LogP contribution in [0.15, 0.2) is 42.5 Å². The molecule has 0 saturated carbocycles. The molecule has 0 N–H and O–H groups in total. The highest BCUT2D eigenvalue weighted by Gasteiger charge is 2.13. The molecule has 2 aromatic carbocycles. The number of rotatable bonds is 2. The van der Waals surface area contributed by atoms with Crippen molar-refractivity contribution in [3.8, 4) is 6.07 Å². The average molecular weight is 341 g/mol. The molecule has 0 aliphatic carbocycles. The lowest BCUT2D eigenvalue weighted by atomic mass is 10.0. The zero-order chi connectivity index (χ0) is 16.6. The van der Waals surface area contributed by atoms with Gasteiger partial charge in [0, 0.05) is 39.8 Å². The van der Waals surface area contributed by atoms with E-state index in [4.69, 9.17) is 23.2 Å². The van der Waals surface area contributed by atoms with Crippen molar-refractivity contribution in [3.05, 3.63) is 69.3 Å². The van der Waals surface area contributed by atoms with Crippen LogP contribution in [0.3, 0.4) is 0 Å². The smallest absolute Gasteiger partial charge is 0.0998 e. The van der Waals surface area contributed by atoms with E-state index in [2.05, 4.69) is 22.8 Å². The maximum absolute atomic E-state index is 9.59. The van der Waals surface area contributed by atoms with Crippen LogP contribution < -0.4 is 0 Å². The Morgan fingerprint density at radius 2 is 1.91 bits per heavy atom. The maximum atomic E-state index is 9.59. The number of aromatic nitrogens is 1. The lowest BCUT2D eigenvalue weighted by Gasteiger charge is -2.04. The van der Waals surface area contributed by atoms with Gasteiger partial charge in [-0.15, -0.1) is 0 Å². The third-order valence-electron chi connectivity index (χ3n) is 4.08. The second-order valence-corrected chi connectivity index (χ2v) is 6.21. The molecule has 0 amide bonds. The molecule has 0 spiro atoms. The number of nitrogens with zero attached hydrogens (tertiary/aromatic N) is 2. The zero-order valence-electron chi connectivity index (χ0n) is 12.8. The summed E-state index contributed by atoms with van der Waals surface area (Å²) in [6.07, 6.45) is 1.90. The summed E-state index contributed by atoms with van der Waals surface area (Å²) in [5.41, 5.74) is 4.47. The van der Waals surface area contributed by atoms with Gasteiger partial charge in [0.05, 0.1) is 16.7 Å². The standard InChI is InChI=1S/C19H14Cl2N2/c1-12-17(16-5-3-4-6-19(16)23(12)2)9-13(11-22)15-8-7-14(20)10-18(15)21/h3-10H,1-2H3/b13-9+. The summed E-state index contributed by atoms with van der Waals surface area (Å²) in [4.78, 5) is 0. The number of para-hydroxylation sites is 1. The Bertz CT molecular complexity index is 975. The molecule has 1 aromatic heterocycles. The first kappa shape index (κ1) is 15.7. The molecule has 0 fully saturated rings. The minimum atomic E-state index is 0.475. The first-order valence-electron chi connectivity index (χ1n) is 7.14. The van der Waals surface area contributed by atoms with Gasteiger partial charge in [0.1, 0.15) is 0 Å². The lowest BCUT2D eigenvalue weighted by Crippen LogP contribution is -1.90. The first-order chi connectivity index (χ1) is 11.0. The summed E-state index contributed by atoms with van der Waals surface area (Å²) in [5.74, 6) is 0. The molecule has 3 aromatic rings. The molecule has 114 valence electrons. The number of aryl methyl sites for hydroxylation is 1. The Labute approximate surface area is 145 Å². The average Bonchev–Trinajstić information content (AvgIpc) is 2.78. The quantitative estimate of drug-likeness (QED) is 0.537. The topological polar surface area (TPSA) is 28.7 Å². The summed E-state index contributed by atoms with van der Waals surface area (Å²) >= 11 is 12.2. The fraction of sp³-hybridized carbons (Fsp3) is 0.105. The SMILES string of the molecule is Cc1c(/C=C(\C#N)c2ccc(Cl)cc2Cl)c2ccccc2n1C. The predicted octanol–water partition coefficient (Wildman–Crippen LogP) is 5.86. The predicted molar refractivity (Wildman–Crippen MR) is 97.6 cm³/mol. The Morgan fingerprint density at radius 1 is 1.17 bits per heavy atom. The Kier molecular flexibility index (Phi) is 4.17.